The van der Waals surface area contributed by atoms with Crippen molar-refractivity contribution in [3.63, 3.8) is 0 Å². The van der Waals surface area contributed by atoms with Gasteiger partial charge in [0.05, 0.1) is 29.5 Å². The standard InChI is InChI=1S/C23H19Cl2N3O3S/c24-16-8-7-15(19(25)12-16)9-10-28-22(30)18-5-1-2-6-20(18)27-23(28)32-14-21(29)26-13-17-4-3-11-31-17/h1-8,11-12H,9-10,13-14H2,(H,26,29). The van der Waals surface area contributed by atoms with E-state index in [0.29, 0.717) is 51.4 Å². The van der Waals surface area contributed by atoms with Gasteiger partial charge in [-0.3, -0.25) is 14.2 Å². The monoisotopic (exact) mass is 487 g/mol. The van der Waals surface area contributed by atoms with Crippen molar-refractivity contribution in [2.45, 2.75) is 24.7 Å². The molecule has 4 rings (SSSR count). The molecule has 0 fully saturated rings. The maximum atomic E-state index is 13.2. The number of fused-ring (bicyclic) bond motifs is 1. The number of halogens is 2. The topological polar surface area (TPSA) is 77.1 Å². The highest BCUT2D eigenvalue weighted by Gasteiger charge is 2.14. The number of para-hydroxylation sites is 1. The maximum absolute atomic E-state index is 13.2. The van der Waals surface area contributed by atoms with Crippen LogP contribution in [0.1, 0.15) is 11.3 Å². The zero-order chi connectivity index (χ0) is 22.5. The van der Waals surface area contributed by atoms with Crippen LogP contribution < -0.4 is 10.9 Å². The number of amides is 1. The van der Waals surface area contributed by atoms with Crippen molar-refractivity contribution in [3.8, 4) is 0 Å². The normalized spacial score (nSPS) is 11.1. The molecule has 32 heavy (non-hydrogen) atoms. The molecule has 1 N–H and O–H groups in total. The first-order valence-corrected chi connectivity index (χ1v) is 11.6. The molecule has 2 heterocycles. The lowest BCUT2D eigenvalue weighted by Crippen LogP contribution is -2.27. The number of hydrogen-bond acceptors (Lipinski definition) is 5. The van der Waals surface area contributed by atoms with Gasteiger partial charge in [-0.2, -0.15) is 0 Å². The Morgan fingerprint density at radius 3 is 2.75 bits per heavy atom. The smallest absolute Gasteiger partial charge is 0.262 e. The predicted molar refractivity (Wildman–Crippen MR) is 127 cm³/mol. The molecule has 0 bridgehead atoms. The van der Waals surface area contributed by atoms with Crippen LogP contribution in [0.3, 0.4) is 0 Å². The van der Waals surface area contributed by atoms with Gasteiger partial charge in [0, 0.05) is 16.6 Å². The number of carbonyl (C=O) groups is 1. The summed E-state index contributed by atoms with van der Waals surface area (Å²) in [6, 6.07) is 16.0. The summed E-state index contributed by atoms with van der Waals surface area (Å²) in [5, 5.41) is 4.91. The van der Waals surface area contributed by atoms with Gasteiger partial charge in [-0.25, -0.2) is 4.98 Å². The van der Waals surface area contributed by atoms with Crippen LogP contribution in [-0.4, -0.2) is 21.2 Å². The van der Waals surface area contributed by atoms with Crippen molar-refractivity contribution in [1.82, 2.24) is 14.9 Å². The van der Waals surface area contributed by atoms with E-state index in [9.17, 15) is 9.59 Å². The molecular formula is C23H19Cl2N3O3S. The van der Waals surface area contributed by atoms with Gasteiger partial charge in [0.15, 0.2) is 5.16 Å². The molecule has 0 radical (unpaired) electrons. The molecule has 2 aromatic heterocycles. The molecule has 9 heteroatoms. The van der Waals surface area contributed by atoms with Crippen molar-refractivity contribution < 1.29 is 9.21 Å². The van der Waals surface area contributed by atoms with E-state index in [0.717, 1.165) is 5.56 Å². The third-order valence-corrected chi connectivity index (χ3v) is 6.38. The molecule has 0 saturated carbocycles. The fraction of sp³-hybridized carbons (Fsp3) is 0.174. The Bertz CT molecular complexity index is 1310. The summed E-state index contributed by atoms with van der Waals surface area (Å²) >= 11 is 13.5. The minimum Gasteiger partial charge on any atom is -0.467 e. The van der Waals surface area contributed by atoms with Crippen molar-refractivity contribution in [2.24, 2.45) is 0 Å². The highest BCUT2D eigenvalue weighted by Crippen LogP contribution is 2.23. The Morgan fingerprint density at radius 2 is 1.97 bits per heavy atom. The minimum atomic E-state index is -0.180. The highest BCUT2D eigenvalue weighted by molar-refractivity contribution is 7.99. The number of nitrogens with one attached hydrogen (secondary N) is 1. The quantitative estimate of drug-likeness (QED) is 0.281. The van der Waals surface area contributed by atoms with Gasteiger partial charge in [-0.05, 0) is 48.4 Å². The van der Waals surface area contributed by atoms with Crippen LogP contribution in [0.2, 0.25) is 10.0 Å². The lowest BCUT2D eigenvalue weighted by Gasteiger charge is -2.14. The van der Waals surface area contributed by atoms with E-state index >= 15 is 0 Å². The molecule has 0 aliphatic rings. The number of thioether (sulfide) groups is 1. The predicted octanol–water partition coefficient (Wildman–Crippen LogP) is 4.95. The molecule has 0 aliphatic carbocycles. The molecule has 0 atom stereocenters. The fourth-order valence-corrected chi connectivity index (χ4v) is 4.55. The third-order valence-electron chi connectivity index (χ3n) is 4.82. The summed E-state index contributed by atoms with van der Waals surface area (Å²) in [5.41, 5.74) is 1.32. The molecule has 2 aromatic carbocycles. The Hall–Kier alpha value is -2.74. The van der Waals surface area contributed by atoms with Crippen LogP contribution in [0.15, 0.2) is 75.2 Å². The largest absolute Gasteiger partial charge is 0.467 e. The van der Waals surface area contributed by atoms with E-state index < -0.39 is 0 Å². The Balaban J connectivity index is 1.54. The molecular weight excluding hydrogens is 469 g/mol. The van der Waals surface area contributed by atoms with Crippen LogP contribution in [0.4, 0.5) is 0 Å². The van der Waals surface area contributed by atoms with Gasteiger partial charge < -0.3 is 9.73 Å². The zero-order valence-corrected chi connectivity index (χ0v) is 19.2. The minimum absolute atomic E-state index is 0.118. The molecule has 0 unspecified atom stereocenters. The SMILES string of the molecule is O=C(CSc1nc2ccccc2c(=O)n1CCc1ccc(Cl)cc1Cl)NCc1ccco1. The second kappa shape index (κ2) is 10.3. The van der Waals surface area contributed by atoms with E-state index in [1.165, 1.54) is 11.8 Å². The Labute approximate surface area is 198 Å². The van der Waals surface area contributed by atoms with Crippen LogP contribution in [0, 0.1) is 0 Å². The maximum Gasteiger partial charge on any atom is 0.262 e. The van der Waals surface area contributed by atoms with Gasteiger partial charge in [0.25, 0.3) is 5.56 Å². The molecule has 4 aromatic rings. The van der Waals surface area contributed by atoms with Gasteiger partial charge in [0.2, 0.25) is 5.91 Å². The number of rotatable bonds is 8. The summed E-state index contributed by atoms with van der Waals surface area (Å²) < 4.78 is 6.82. The summed E-state index contributed by atoms with van der Waals surface area (Å²) in [5.74, 6) is 0.609. The average molecular weight is 488 g/mol. The lowest BCUT2D eigenvalue weighted by molar-refractivity contribution is -0.118. The summed E-state index contributed by atoms with van der Waals surface area (Å²) in [6.45, 7) is 0.674. The van der Waals surface area contributed by atoms with E-state index in [4.69, 9.17) is 27.6 Å². The van der Waals surface area contributed by atoms with Gasteiger partial charge >= 0.3 is 0 Å². The average Bonchev–Trinajstić information content (AvgIpc) is 3.31. The van der Waals surface area contributed by atoms with Crippen LogP contribution in [-0.2, 0) is 24.3 Å². The van der Waals surface area contributed by atoms with Gasteiger partial charge in [-0.15, -0.1) is 0 Å². The number of benzene rings is 2. The van der Waals surface area contributed by atoms with E-state index in [2.05, 4.69) is 10.3 Å². The lowest BCUT2D eigenvalue weighted by atomic mass is 10.1. The van der Waals surface area contributed by atoms with Crippen LogP contribution >= 0.6 is 35.0 Å². The summed E-state index contributed by atoms with van der Waals surface area (Å²) in [4.78, 5) is 30.1. The number of nitrogens with zero attached hydrogens (tertiary/aromatic N) is 2. The Kier molecular flexibility index (Phi) is 7.19. The summed E-state index contributed by atoms with van der Waals surface area (Å²) in [7, 11) is 0. The van der Waals surface area contributed by atoms with Gasteiger partial charge in [0.1, 0.15) is 5.76 Å². The highest BCUT2D eigenvalue weighted by atomic mass is 35.5. The number of carbonyl (C=O) groups excluding carboxylic acids is 1. The Morgan fingerprint density at radius 1 is 1.12 bits per heavy atom. The fourth-order valence-electron chi connectivity index (χ4n) is 3.19. The van der Waals surface area contributed by atoms with Gasteiger partial charge in [-0.1, -0.05) is 53.2 Å². The molecule has 6 nitrogen and oxygen atoms in total. The summed E-state index contributed by atoms with van der Waals surface area (Å²) in [6.07, 6.45) is 2.08. The van der Waals surface area contributed by atoms with Crippen molar-refractivity contribution in [2.75, 3.05) is 5.75 Å². The zero-order valence-electron chi connectivity index (χ0n) is 16.9. The van der Waals surface area contributed by atoms with Crippen LogP contribution in [0.25, 0.3) is 10.9 Å². The second-order valence-electron chi connectivity index (χ2n) is 7.00. The van der Waals surface area contributed by atoms with E-state index in [1.54, 1.807) is 53.3 Å². The first kappa shape index (κ1) is 22.5. The van der Waals surface area contributed by atoms with Crippen LogP contribution in [0.5, 0.6) is 0 Å². The number of furan rings is 1. The van der Waals surface area contributed by atoms with E-state index in [-0.39, 0.29) is 17.2 Å². The van der Waals surface area contributed by atoms with Crippen molar-refractivity contribution in [1.29, 1.82) is 0 Å². The number of hydrogen-bond donors (Lipinski definition) is 1. The first-order valence-electron chi connectivity index (χ1n) is 9.86. The molecule has 164 valence electrons. The number of aromatic nitrogens is 2. The van der Waals surface area contributed by atoms with Crippen molar-refractivity contribution >= 4 is 51.8 Å². The number of aryl methyl sites for hydroxylation is 1. The first-order chi connectivity index (χ1) is 15.5. The van der Waals surface area contributed by atoms with Crippen molar-refractivity contribution in [3.05, 3.63) is 92.6 Å². The van der Waals surface area contributed by atoms with E-state index in [1.807, 2.05) is 12.1 Å². The molecule has 0 spiro atoms. The molecule has 0 saturated heterocycles. The molecule has 0 aliphatic heterocycles. The molecule has 1 amide bonds. The third kappa shape index (κ3) is 5.35. The second-order valence-corrected chi connectivity index (χ2v) is 8.78.